The maximum Gasteiger partial charge on any atom is 0.151 e. The van der Waals surface area contributed by atoms with Crippen LogP contribution in [0, 0.1) is 5.82 Å². The third kappa shape index (κ3) is 2.09. The molecule has 0 spiro atoms. The number of nitrogens with zero attached hydrogens (tertiary/aromatic N) is 1. The summed E-state index contributed by atoms with van der Waals surface area (Å²) in [5, 5.41) is 0.287. The molecular weight excluding hydrogens is 229 g/mol. The van der Waals surface area contributed by atoms with E-state index in [1.165, 1.54) is 24.4 Å². The van der Waals surface area contributed by atoms with Crippen LogP contribution in [-0.4, -0.2) is 11.3 Å². The average Bonchev–Trinajstić information content (AvgIpc) is 2.29. The number of aromatic nitrogens is 1. The van der Waals surface area contributed by atoms with Gasteiger partial charge in [-0.2, -0.15) is 0 Å². The standard InChI is InChI=1S/C12H7ClFNO/c13-11-6-15-12(5-9(11)7-16)8-2-1-3-10(14)4-8/h1-7H. The Morgan fingerprint density at radius 1 is 1.31 bits per heavy atom. The van der Waals surface area contributed by atoms with Crippen LogP contribution in [0.1, 0.15) is 10.4 Å². The minimum absolute atomic E-state index is 0.287. The van der Waals surface area contributed by atoms with E-state index in [1.54, 1.807) is 12.1 Å². The van der Waals surface area contributed by atoms with Gasteiger partial charge >= 0.3 is 0 Å². The normalized spacial score (nSPS) is 10.1. The van der Waals surface area contributed by atoms with E-state index in [1.807, 2.05) is 0 Å². The quantitative estimate of drug-likeness (QED) is 0.747. The highest BCUT2D eigenvalue weighted by Crippen LogP contribution is 2.22. The molecule has 2 aromatic rings. The molecule has 80 valence electrons. The van der Waals surface area contributed by atoms with Crippen LogP contribution >= 0.6 is 11.6 Å². The zero-order chi connectivity index (χ0) is 11.5. The van der Waals surface area contributed by atoms with Crippen LogP contribution in [0.3, 0.4) is 0 Å². The first-order chi connectivity index (χ1) is 7.70. The lowest BCUT2D eigenvalue weighted by atomic mass is 10.1. The molecule has 0 unspecified atom stereocenters. The van der Waals surface area contributed by atoms with Gasteiger partial charge in [0.2, 0.25) is 0 Å². The molecule has 0 N–H and O–H groups in total. The second kappa shape index (κ2) is 4.41. The fourth-order valence-corrected chi connectivity index (χ4v) is 1.50. The van der Waals surface area contributed by atoms with Crippen molar-refractivity contribution in [2.75, 3.05) is 0 Å². The molecule has 0 atom stereocenters. The highest BCUT2D eigenvalue weighted by atomic mass is 35.5. The number of hydrogen-bond donors (Lipinski definition) is 0. The first-order valence-corrected chi connectivity index (χ1v) is 4.95. The number of carbonyl (C=O) groups excluding carboxylic acids is 1. The summed E-state index contributed by atoms with van der Waals surface area (Å²) in [5.41, 5.74) is 1.47. The average molecular weight is 236 g/mol. The van der Waals surface area contributed by atoms with E-state index < -0.39 is 0 Å². The highest BCUT2D eigenvalue weighted by molar-refractivity contribution is 6.32. The van der Waals surface area contributed by atoms with E-state index in [-0.39, 0.29) is 10.8 Å². The van der Waals surface area contributed by atoms with Crippen molar-refractivity contribution in [2.45, 2.75) is 0 Å². The van der Waals surface area contributed by atoms with E-state index in [2.05, 4.69) is 4.98 Å². The molecule has 1 aromatic carbocycles. The van der Waals surface area contributed by atoms with Gasteiger partial charge in [0.15, 0.2) is 6.29 Å². The zero-order valence-electron chi connectivity index (χ0n) is 8.15. The fraction of sp³-hybridized carbons (Fsp3) is 0. The number of aldehydes is 1. The maximum atomic E-state index is 13.0. The number of pyridine rings is 1. The Labute approximate surface area is 96.7 Å². The van der Waals surface area contributed by atoms with Gasteiger partial charge in [0, 0.05) is 17.3 Å². The van der Waals surface area contributed by atoms with Crippen LogP contribution in [-0.2, 0) is 0 Å². The van der Waals surface area contributed by atoms with Gasteiger partial charge in [-0.25, -0.2) is 4.39 Å². The van der Waals surface area contributed by atoms with Crippen molar-refractivity contribution in [3.05, 3.63) is 52.9 Å². The number of halogens is 2. The molecule has 0 aliphatic heterocycles. The van der Waals surface area contributed by atoms with Gasteiger partial charge in [0.25, 0.3) is 0 Å². The second-order valence-corrected chi connectivity index (χ2v) is 3.63. The van der Waals surface area contributed by atoms with E-state index in [0.717, 1.165) is 0 Å². The number of carbonyl (C=O) groups is 1. The van der Waals surface area contributed by atoms with Gasteiger partial charge in [0.05, 0.1) is 10.7 Å². The number of rotatable bonds is 2. The summed E-state index contributed by atoms with van der Waals surface area (Å²) >= 11 is 5.75. The Kier molecular flexibility index (Phi) is 2.97. The Hall–Kier alpha value is -1.74. The molecule has 0 amide bonds. The Morgan fingerprint density at radius 2 is 2.12 bits per heavy atom. The molecule has 0 aliphatic carbocycles. The van der Waals surface area contributed by atoms with Crippen molar-refractivity contribution < 1.29 is 9.18 Å². The largest absolute Gasteiger partial charge is 0.298 e. The Bertz CT molecular complexity index is 542. The fourth-order valence-electron chi connectivity index (χ4n) is 1.35. The summed E-state index contributed by atoms with van der Waals surface area (Å²) in [6.45, 7) is 0. The molecule has 1 aromatic heterocycles. The molecule has 0 aliphatic rings. The molecular formula is C12H7ClFNO. The molecule has 4 heteroatoms. The second-order valence-electron chi connectivity index (χ2n) is 3.22. The van der Waals surface area contributed by atoms with Gasteiger partial charge in [0.1, 0.15) is 5.82 Å². The topological polar surface area (TPSA) is 30.0 Å². The van der Waals surface area contributed by atoms with Crippen LogP contribution in [0.4, 0.5) is 4.39 Å². The predicted octanol–water partition coefficient (Wildman–Crippen LogP) is 3.35. The molecule has 0 radical (unpaired) electrons. The summed E-state index contributed by atoms with van der Waals surface area (Å²) in [4.78, 5) is 14.7. The zero-order valence-corrected chi connectivity index (χ0v) is 8.91. The SMILES string of the molecule is O=Cc1cc(-c2cccc(F)c2)ncc1Cl. The summed E-state index contributed by atoms with van der Waals surface area (Å²) in [7, 11) is 0. The van der Waals surface area contributed by atoms with E-state index >= 15 is 0 Å². The molecule has 2 nitrogen and oxygen atoms in total. The van der Waals surface area contributed by atoms with E-state index in [4.69, 9.17) is 11.6 Å². The third-order valence-corrected chi connectivity index (χ3v) is 2.45. The highest BCUT2D eigenvalue weighted by Gasteiger charge is 2.05. The lowest BCUT2D eigenvalue weighted by Gasteiger charge is -2.02. The molecule has 2 rings (SSSR count). The van der Waals surface area contributed by atoms with Gasteiger partial charge in [-0.1, -0.05) is 23.7 Å². The first kappa shape index (κ1) is 10.8. The minimum Gasteiger partial charge on any atom is -0.298 e. The summed E-state index contributed by atoms with van der Waals surface area (Å²) in [6.07, 6.45) is 2.03. The van der Waals surface area contributed by atoms with Gasteiger partial charge in [-0.15, -0.1) is 0 Å². The van der Waals surface area contributed by atoms with Crippen LogP contribution in [0.2, 0.25) is 5.02 Å². The van der Waals surface area contributed by atoms with Crippen LogP contribution in [0.5, 0.6) is 0 Å². The lowest BCUT2D eigenvalue weighted by Crippen LogP contribution is -1.89. The van der Waals surface area contributed by atoms with Crippen molar-refractivity contribution in [2.24, 2.45) is 0 Å². The van der Waals surface area contributed by atoms with Crippen molar-refractivity contribution in [3.63, 3.8) is 0 Å². The predicted molar refractivity (Wildman–Crippen MR) is 60.0 cm³/mol. The number of benzene rings is 1. The molecule has 0 saturated carbocycles. The molecule has 1 heterocycles. The monoisotopic (exact) mass is 235 g/mol. The minimum atomic E-state index is -0.345. The third-order valence-electron chi connectivity index (χ3n) is 2.13. The van der Waals surface area contributed by atoms with Gasteiger partial charge < -0.3 is 0 Å². The van der Waals surface area contributed by atoms with Crippen molar-refractivity contribution in [1.82, 2.24) is 4.98 Å². The Morgan fingerprint density at radius 3 is 2.81 bits per heavy atom. The molecule has 16 heavy (non-hydrogen) atoms. The van der Waals surface area contributed by atoms with Crippen LogP contribution in [0.25, 0.3) is 11.3 Å². The molecule has 0 fully saturated rings. The number of hydrogen-bond acceptors (Lipinski definition) is 2. The summed E-state index contributed by atoms with van der Waals surface area (Å²) in [6, 6.07) is 7.53. The molecule has 0 saturated heterocycles. The van der Waals surface area contributed by atoms with Crippen molar-refractivity contribution in [1.29, 1.82) is 0 Å². The summed E-state index contributed by atoms with van der Waals surface area (Å²) < 4.78 is 13.0. The van der Waals surface area contributed by atoms with Crippen LogP contribution < -0.4 is 0 Å². The Balaban J connectivity index is 2.52. The van der Waals surface area contributed by atoms with E-state index in [0.29, 0.717) is 23.1 Å². The maximum absolute atomic E-state index is 13.0. The molecule has 0 bridgehead atoms. The van der Waals surface area contributed by atoms with Gasteiger partial charge in [-0.3, -0.25) is 9.78 Å². The van der Waals surface area contributed by atoms with E-state index in [9.17, 15) is 9.18 Å². The van der Waals surface area contributed by atoms with Gasteiger partial charge in [-0.05, 0) is 18.2 Å². The summed E-state index contributed by atoms with van der Waals surface area (Å²) in [5.74, 6) is -0.345. The van der Waals surface area contributed by atoms with Crippen molar-refractivity contribution in [3.8, 4) is 11.3 Å². The first-order valence-electron chi connectivity index (χ1n) is 4.57. The lowest BCUT2D eigenvalue weighted by molar-refractivity contribution is 0.112. The van der Waals surface area contributed by atoms with Crippen molar-refractivity contribution >= 4 is 17.9 Å². The smallest absolute Gasteiger partial charge is 0.151 e. The van der Waals surface area contributed by atoms with Crippen LogP contribution in [0.15, 0.2) is 36.5 Å².